The van der Waals surface area contributed by atoms with E-state index in [9.17, 15) is 9.59 Å². The lowest BCUT2D eigenvalue weighted by molar-refractivity contribution is -0.121. The fourth-order valence-electron chi connectivity index (χ4n) is 2.10. The van der Waals surface area contributed by atoms with E-state index in [-0.39, 0.29) is 12.5 Å². The van der Waals surface area contributed by atoms with Gasteiger partial charge in [0.1, 0.15) is 11.5 Å². The van der Waals surface area contributed by atoms with Crippen LogP contribution in [-0.4, -0.2) is 37.0 Å². The number of carbonyl (C=O) groups excluding carboxylic acids is 2. The van der Waals surface area contributed by atoms with Crippen LogP contribution in [0.4, 0.5) is 4.79 Å². The third kappa shape index (κ3) is 6.25. The summed E-state index contributed by atoms with van der Waals surface area (Å²) in [5.41, 5.74) is 0. The highest BCUT2D eigenvalue weighted by Crippen LogP contribution is 2.08. The molecule has 2 heterocycles. The second-order valence-electron chi connectivity index (χ2n) is 5.32. The number of imide groups is 1. The third-order valence-electron chi connectivity index (χ3n) is 3.13. The molecule has 0 saturated carbocycles. The highest BCUT2D eigenvalue weighted by atomic mass is 32.1. The Balaban J connectivity index is 1.64. The van der Waals surface area contributed by atoms with E-state index in [2.05, 4.69) is 10.6 Å². The Morgan fingerprint density at radius 1 is 1.30 bits per heavy atom. The first kappa shape index (κ1) is 17.2. The number of amides is 3. The van der Waals surface area contributed by atoms with Crippen LogP contribution in [0, 0.1) is 6.92 Å². The van der Waals surface area contributed by atoms with Crippen LogP contribution < -0.4 is 10.6 Å². The number of urea groups is 1. The summed E-state index contributed by atoms with van der Waals surface area (Å²) in [6.07, 6.45) is 0.761. The lowest BCUT2D eigenvalue weighted by Crippen LogP contribution is -2.44. The molecule has 0 bridgehead atoms. The van der Waals surface area contributed by atoms with Crippen LogP contribution in [0.1, 0.15) is 16.4 Å². The summed E-state index contributed by atoms with van der Waals surface area (Å²) in [5.74, 6) is 1.28. The van der Waals surface area contributed by atoms with Crippen LogP contribution in [0.3, 0.4) is 0 Å². The minimum atomic E-state index is -0.464. The van der Waals surface area contributed by atoms with Crippen LogP contribution >= 0.6 is 11.3 Å². The largest absolute Gasteiger partial charge is 0.465 e. The maximum Gasteiger partial charge on any atom is 0.321 e. The molecule has 0 radical (unpaired) electrons. The minimum Gasteiger partial charge on any atom is -0.465 e. The highest BCUT2D eigenvalue weighted by Gasteiger charge is 2.11. The zero-order chi connectivity index (χ0) is 16.7. The number of nitrogens with one attached hydrogen (secondary N) is 2. The summed E-state index contributed by atoms with van der Waals surface area (Å²) in [6.45, 7) is 3.01. The van der Waals surface area contributed by atoms with E-state index in [0.29, 0.717) is 13.1 Å². The molecule has 0 aliphatic rings. The number of likely N-dealkylation sites (N-methyl/N-ethyl adjacent to an activating group) is 1. The summed E-state index contributed by atoms with van der Waals surface area (Å²) in [5, 5.41) is 7.00. The van der Waals surface area contributed by atoms with Crippen molar-refractivity contribution in [2.45, 2.75) is 19.9 Å². The number of carbonyl (C=O) groups is 2. The average molecular weight is 335 g/mol. The van der Waals surface area contributed by atoms with Crippen molar-refractivity contribution in [3.8, 4) is 0 Å². The molecule has 0 unspecified atom stereocenters. The second kappa shape index (κ2) is 8.50. The van der Waals surface area contributed by atoms with E-state index in [1.807, 2.05) is 36.6 Å². The summed E-state index contributed by atoms with van der Waals surface area (Å²) >= 11 is 1.65. The van der Waals surface area contributed by atoms with E-state index in [1.165, 1.54) is 4.88 Å². The lowest BCUT2D eigenvalue weighted by Gasteiger charge is -2.14. The van der Waals surface area contributed by atoms with Crippen molar-refractivity contribution in [1.82, 2.24) is 15.5 Å². The molecule has 6 nitrogen and oxygen atoms in total. The first-order valence-electron chi connectivity index (χ1n) is 7.37. The van der Waals surface area contributed by atoms with Crippen molar-refractivity contribution in [1.29, 1.82) is 0 Å². The quantitative estimate of drug-likeness (QED) is 0.813. The van der Waals surface area contributed by atoms with Crippen LogP contribution in [0.5, 0.6) is 0 Å². The normalized spacial score (nSPS) is 10.7. The van der Waals surface area contributed by atoms with Gasteiger partial charge in [0.05, 0.1) is 13.1 Å². The average Bonchev–Trinajstić information content (AvgIpc) is 3.10. The molecule has 0 fully saturated rings. The van der Waals surface area contributed by atoms with Crippen molar-refractivity contribution in [2.75, 3.05) is 20.1 Å². The van der Waals surface area contributed by atoms with Gasteiger partial charge < -0.3 is 9.73 Å². The molecule has 124 valence electrons. The van der Waals surface area contributed by atoms with Gasteiger partial charge in [0.2, 0.25) is 5.91 Å². The first-order chi connectivity index (χ1) is 11.0. The monoisotopic (exact) mass is 335 g/mol. The van der Waals surface area contributed by atoms with Gasteiger partial charge in [-0.05, 0) is 44.0 Å². The first-order valence-corrected chi connectivity index (χ1v) is 8.25. The van der Waals surface area contributed by atoms with Crippen molar-refractivity contribution in [2.24, 2.45) is 0 Å². The SMILES string of the molecule is Cc1ccc(CN(C)CC(=O)NC(=O)NCCc2cccs2)o1. The van der Waals surface area contributed by atoms with E-state index in [4.69, 9.17) is 4.42 Å². The molecule has 2 aromatic heterocycles. The number of thiophene rings is 1. The Kier molecular flexibility index (Phi) is 6.37. The smallest absolute Gasteiger partial charge is 0.321 e. The Hall–Kier alpha value is -2.12. The van der Waals surface area contributed by atoms with Gasteiger partial charge in [-0.2, -0.15) is 0 Å². The van der Waals surface area contributed by atoms with E-state index in [0.717, 1.165) is 17.9 Å². The Labute approximate surface area is 139 Å². The van der Waals surface area contributed by atoms with Crippen molar-refractivity contribution in [3.05, 3.63) is 46.0 Å². The molecule has 0 saturated heterocycles. The predicted octanol–water partition coefficient (Wildman–Crippen LogP) is 2.15. The minimum absolute atomic E-state index is 0.123. The number of hydrogen-bond acceptors (Lipinski definition) is 5. The molecule has 3 amide bonds. The van der Waals surface area contributed by atoms with Crippen molar-refractivity contribution in [3.63, 3.8) is 0 Å². The molecule has 7 heteroatoms. The number of rotatable bonds is 7. The van der Waals surface area contributed by atoms with Crippen molar-refractivity contribution < 1.29 is 14.0 Å². The standard InChI is InChI=1S/C16H21N3O3S/c1-12-5-6-13(22-12)10-19(2)11-15(20)18-16(21)17-8-7-14-4-3-9-23-14/h3-6,9H,7-8,10-11H2,1-2H3,(H2,17,18,20,21). The van der Waals surface area contributed by atoms with E-state index >= 15 is 0 Å². The van der Waals surface area contributed by atoms with Gasteiger partial charge in [-0.15, -0.1) is 11.3 Å². The van der Waals surface area contributed by atoms with Gasteiger partial charge in [0.25, 0.3) is 0 Å². The number of aryl methyl sites for hydroxylation is 1. The maximum atomic E-state index is 11.8. The van der Waals surface area contributed by atoms with Crippen LogP contribution in [0.25, 0.3) is 0 Å². The van der Waals surface area contributed by atoms with Gasteiger partial charge in [-0.1, -0.05) is 6.07 Å². The lowest BCUT2D eigenvalue weighted by atomic mass is 10.3. The Bertz CT molecular complexity index is 637. The van der Waals surface area contributed by atoms with Gasteiger partial charge in [-0.25, -0.2) is 4.79 Å². The molecule has 2 aromatic rings. The van der Waals surface area contributed by atoms with Crippen LogP contribution in [0.2, 0.25) is 0 Å². The molecule has 0 atom stereocenters. The molecule has 0 aliphatic carbocycles. The molecule has 0 spiro atoms. The van der Waals surface area contributed by atoms with Gasteiger partial charge in [-0.3, -0.25) is 15.0 Å². The van der Waals surface area contributed by atoms with Crippen LogP contribution in [0.15, 0.2) is 34.1 Å². The summed E-state index contributed by atoms with van der Waals surface area (Å²) < 4.78 is 5.45. The summed E-state index contributed by atoms with van der Waals surface area (Å²) in [6, 6.07) is 7.28. The third-order valence-corrected chi connectivity index (χ3v) is 4.06. The van der Waals surface area contributed by atoms with Crippen LogP contribution in [-0.2, 0) is 17.8 Å². The molecule has 2 N–H and O–H groups in total. The molecule has 2 rings (SSSR count). The predicted molar refractivity (Wildman–Crippen MR) is 89.3 cm³/mol. The summed E-state index contributed by atoms with van der Waals surface area (Å²) in [4.78, 5) is 26.4. The topological polar surface area (TPSA) is 74.6 Å². The zero-order valence-electron chi connectivity index (χ0n) is 13.3. The second-order valence-corrected chi connectivity index (χ2v) is 6.35. The molecule has 0 aliphatic heterocycles. The highest BCUT2D eigenvalue weighted by molar-refractivity contribution is 7.09. The maximum absolute atomic E-state index is 11.8. The Morgan fingerprint density at radius 3 is 2.78 bits per heavy atom. The van der Waals surface area contributed by atoms with Gasteiger partial charge in [0, 0.05) is 11.4 Å². The number of furan rings is 1. The fourth-order valence-corrected chi connectivity index (χ4v) is 2.81. The number of hydrogen-bond donors (Lipinski definition) is 2. The fraction of sp³-hybridized carbons (Fsp3) is 0.375. The molecular weight excluding hydrogens is 314 g/mol. The molecular formula is C16H21N3O3S. The van der Waals surface area contributed by atoms with Gasteiger partial charge in [0.15, 0.2) is 0 Å². The molecule has 0 aromatic carbocycles. The zero-order valence-corrected chi connectivity index (χ0v) is 14.1. The Morgan fingerprint density at radius 2 is 2.13 bits per heavy atom. The van der Waals surface area contributed by atoms with Crippen molar-refractivity contribution >= 4 is 23.3 Å². The number of nitrogens with zero attached hydrogens (tertiary/aromatic N) is 1. The molecule has 23 heavy (non-hydrogen) atoms. The van der Waals surface area contributed by atoms with E-state index in [1.54, 1.807) is 23.3 Å². The summed E-state index contributed by atoms with van der Waals surface area (Å²) in [7, 11) is 1.80. The van der Waals surface area contributed by atoms with Gasteiger partial charge >= 0.3 is 6.03 Å². The van der Waals surface area contributed by atoms with E-state index < -0.39 is 6.03 Å².